The first-order valence-electron chi connectivity index (χ1n) is 30.3. The van der Waals surface area contributed by atoms with Crippen LogP contribution in [-0.4, -0.2) is 277 Å². The smallest absolute Gasteiger partial charge is 1.00 e. The molecule has 0 bridgehead atoms. The Morgan fingerprint density at radius 3 is 1.06 bits per heavy atom. The van der Waals surface area contributed by atoms with Gasteiger partial charge in [0, 0.05) is 109 Å². The van der Waals surface area contributed by atoms with Crippen LogP contribution in [0.25, 0.3) is 0 Å². The monoisotopic (exact) mass is 1740 g/mol. The Hall–Kier alpha value is 0.445. The molecule has 0 aliphatic carbocycles. The molecular weight excluding hydrogens is 1640 g/mol. The van der Waals surface area contributed by atoms with Crippen LogP contribution >= 0.6 is 15.6 Å². The average Bonchev–Trinajstić information content (AvgIpc) is 0.881. The van der Waals surface area contributed by atoms with E-state index in [1.54, 1.807) is 21.3 Å². The van der Waals surface area contributed by atoms with Gasteiger partial charge in [-0.1, -0.05) is 27.7 Å². The van der Waals surface area contributed by atoms with Gasteiger partial charge >= 0.3 is 179 Å². The van der Waals surface area contributed by atoms with Crippen molar-refractivity contribution in [1.29, 1.82) is 0 Å². The van der Waals surface area contributed by atoms with Crippen molar-refractivity contribution in [3.05, 3.63) is 18.7 Å². The maximum atomic E-state index is 13.4. The molecule has 1 aromatic rings. The number of carbonyl (C=O) groups is 2. The van der Waals surface area contributed by atoms with Gasteiger partial charge in [-0.25, -0.2) is 4.98 Å². The minimum atomic E-state index is -7.28. The van der Waals surface area contributed by atoms with Crippen molar-refractivity contribution < 1.29 is 332 Å². The number of phosphoric ester groups is 2. The molecule has 4 atom stereocenters. The van der Waals surface area contributed by atoms with Gasteiger partial charge in [0.25, 0.3) is 15.6 Å². The Bertz CT molecular complexity index is 2210. The number of hydrogen-bond donors (Lipinski definition) is 2. The molecule has 0 aliphatic rings. The molecule has 27 nitrogen and oxygen atoms in total. The fourth-order valence-electron chi connectivity index (χ4n) is 5.67. The molecule has 1 rings (SSSR count). The normalized spacial score (nSPS) is 13.6. The van der Waals surface area contributed by atoms with Gasteiger partial charge < -0.3 is 96.6 Å². The van der Waals surface area contributed by atoms with Crippen LogP contribution in [0.1, 0.15) is 62.6 Å². The van der Waals surface area contributed by atoms with Crippen molar-refractivity contribution in [1.82, 2.24) is 9.55 Å². The van der Waals surface area contributed by atoms with Crippen LogP contribution in [0.3, 0.4) is 0 Å². The summed E-state index contributed by atoms with van der Waals surface area (Å²) in [6.07, 6.45) is -40.7. The number of rotatable bonds is 48. The molecule has 3 radical (unpaired) electrons. The molecule has 4 unspecified atom stereocenters. The zero-order valence-electron chi connectivity index (χ0n) is 64.9. The summed E-state index contributed by atoms with van der Waals surface area (Å²) >= 11 is 0. The maximum absolute atomic E-state index is 13.4. The summed E-state index contributed by atoms with van der Waals surface area (Å²) in [7, 11) is -1.73. The van der Waals surface area contributed by atoms with E-state index in [0.29, 0.717) is 53.2 Å². The van der Waals surface area contributed by atoms with Gasteiger partial charge in [0.15, 0.2) is 18.1 Å². The molecule has 1 aromatic heterocycles. The molecule has 1 heterocycles. The van der Waals surface area contributed by atoms with Gasteiger partial charge in [0.1, 0.15) is 0 Å². The molecule has 2 N–H and O–H groups in total. The first-order chi connectivity index (χ1) is 48.6. The number of aromatic nitrogens is 2. The van der Waals surface area contributed by atoms with E-state index in [9.17, 15) is 121 Å². The van der Waals surface area contributed by atoms with Crippen LogP contribution in [0.5, 0.6) is 0 Å². The second kappa shape index (κ2) is 74.7. The van der Waals surface area contributed by atoms with Gasteiger partial charge in [0.05, 0.1) is 107 Å². The van der Waals surface area contributed by atoms with Crippen molar-refractivity contribution in [3.63, 3.8) is 0 Å². The summed E-state index contributed by atoms with van der Waals surface area (Å²) in [5.41, 5.74) is 0. The van der Waals surface area contributed by atoms with Crippen molar-refractivity contribution >= 4 is 36.0 Å². The molecule has 0 fully saturated rings. The van der Waals surface area contributed by atoms with E-state index in [1.165, 1.54) is 34.5 Å². The number of imidazole rings is 1. The van der Waals surface area contributed by atoms with Gasteiger partial charge in [0.2, 0.25) is 0 Å². The third-order valence-electron chi connectivity index (χ3n) is 11.2. The number of carbonyl (C=O) groups excluding carboxylic acids is 2. The number of aryl methyl sites for hydroxylation is 1. The van der Waals surface area contributed by atoms with Crippen LogP contribution in [-0.2, 0) is 100 Å². The number of unbranched alkanes of at least 4 members (excludes halogenated alkanes) is 1. The standard InChI is InChI=1S/C20H24F20O12P2.C10H18O6.C8H18O4.C7H12N2.C6H14O2.CH3F.CH3O.CH4.B.4Na.H/c1-45-4-5-46-3-2-10(6-47-53(41,42)49-8-11(13(21,22)23)51-19(37,38)15(27,28)17(31,32)33)7-48-54(43,44)50-9-12(14(24,25)26)52-20(39,40)16(29,30)18(34,35)36;1-13-6-7-16-5-4-8(9(11)14-2)10(12)15-3;1-11-4-5-12-3-2-8(6-9)7-10;1-2-3-5-9-6-4-8-7-9;1-3-4-8-6-5-7-2;2*1-2;;;;;;;/h10-12H,2-9H2,1H3,(H,41,42)(H,43,44);8H,4-7H2,1-3H3;8-10H,2-7H2,1H3;4,6-7H,2-3,5H2,1H3;3-6H2,1-2H3;2*1H3;1H4;;;;;;/q;;;;;;-1;;;4*+1;-1/p-2/i;;;;;;;1D;;;;;;. The van der Waals surface area contributed by atoms with Gasteiger partial charge in [-0.05, 0) is 32.1 Å². The number of halogens is 21. The summed E-state index contributed by atoms with van der Waals surface area (Å²) < 4.78 is 366. The van der Waals surface area contributed by atoms with Crippen LogP contribution < -0.4 is 133 Å². The number of esters is 2. The third-order valence-corrected chi connectivity index (χ3v) is 13.1. The first kappa shape index (κ1) is 133. The number of nitrogens with zero attached hydrogens (tertiary/aromatic N) is 2. The fourth-order valence-corrected chi connectivity index (χ4v) is 7.24. The summed E-state index contributed by atoms with van der Waals surface area (Å²) in [5.74, 6) is -18.6. The van der Waals surface area contributed by atoms with Crippen molar-refractivity contribution in [2.45, 2.75) is 127 Å². The van der Waals surface area contributed by atoms with Crippen LogP contribution in [0.2, 0.25) is 0 Å². The molecule has 0 saturated carbocycles. The van der Waals surface area contributed by atoms with Crippen molar-refractivity contribution in [3.8, 4) is 0 Å². The minimum Gasteiger partial charge on any atom is -1.00 e. The zero-order valence-corrected chi connectivity index (χ0v) is 72.7. The van der Waals surface area contributed by atoms with E-state index >= 15 is 0 Å². The number of alkyl halides is 21. The molecule has 0 saturated heterocycles. The number of phosphoric acid groups is 2. The molecule has 0 amide bonds. The van der Waals surface area contributed by atoms with E-state index < -0.39 is 140 Å². The number of aliphatic hydroxyl groups is 2. The third kappa shape index (κ3) is 67.0. The van der Waals surface area contributed by atoms with Crippen molar-refractivity contribution in [2.24, 2.45) is 17.8 Å². The van der Waals surface area contributed by atoms with E-state index in [0.717, 1.165) is 40.4 Å². The molecule has 55 heteroatoms. The Morgan fingerprint density at radius 2 is 0.807 bits per heavy atom. The molecule has 0 aliphatic heterocycles. The number of methoxy groups -OCH3 is 6. The molecule has 109 heavy (non-hydrogen) atoms. The van der Waals surface area contributed by atoms with Crippen molar-refractivity contribution in [2.75, 3.05) is 176 Å². The largest absolute Gasteiger partial charge is 1.00 e. The molecule has 635 valence electrons. The van der Waals surface area contributed by atoms with E-state index in [-0.39, 0.29) is 173 Å². The van der Waals surface area contributed by atoms with E-state index in [2.05, 4.69) is 65.2 Å². The van der Waals surface area contributed by atoms with E-state index in [1.807, 2.05) is 18.7 Å². The SMILES string of the molecule is CCCCn1ccnc1.CCCOCCOC.CF.COCCOCCC(C(=O)OC)C(=O)OC.COCCOCCC(CO)CO.COCCOCCC(COP(=O)([O-])OCC(OC(F)(F)C(F)(F)C(F)(F)F)C(F)(F)F)COP(=O)([O-])OCC(OC(F)(F)C(F)(F)C(F)(F)F)C(F)(F)F.C[O-].[2H]C.[B].[H-].[Na+].[Na+].[Na+].[Na+]. The quantitative estimate of drug-likeness (QED) is 0.0159. The molecular formula is C54H95BF21N2Na4O25P2. The van der Waals surface area contributed by atoms with Crippen LogP contribution in [0, 0.1) is 17.8 Å². The summed E-state index contributed by atoms with van der Waals surface area (Å²) in [5, 5.41) is 25.6. The average molecular weight is 1740 g/mol. The second-order valence-corrected chi connectivity index (χ2v) is 22.0. The summed E-state index contributed by atoms with van der Waals surface area (Å²) in [6.45, 7) is 0.800. The van der Waals surface area contributed by atoms with Crippen LogP contribution in [0.15, 0.2) is 18.7 Å². The van der Waals surface area contributed by atoms with Gasteiger partial charge in [-0.2, -0.15) is 94.9 Å². The molecule has 0 spiro atoms. The fraction of sp³-hybridized carbons (Fsp3) is 0.907. The number of hydrogen-bond acceptors (Lipinski definition) is 26. The Labute approximate surface area is 711 Å². The predicted molar refractivity (Wildman–Crippen MR) is 320 cm³/mol. The Kier molecular flexibility index (Phi) is 91.0. The first-order valence-corrected chi connectivity index (χ1v) is 32.3. The maximum Gasteiger partial charge on any atom is 1.00 e. The zero-order chi connectivity index (χ0) is 83.4. The molecule has 0 aromatic carbocycles. The second-order valence-electron chi connectivity index (χ2n) is 19.2. The van der Waals surface area contributed by atoms with Gasteiger partial charge in [-0.15, -0.1) is 0 Å². The minimum absolute atomic E-state index is 0. The predicted octanol–water partition coefficient (Wildman–Crippen LogP) is -3.53. The Morgan fingerprint density at radius 1 is 0.505 bits per heavy atom. The van der Waals surface area contributed by atoms with Crippen LogP contribution in [0.4, 0.5) is 92.2 Å². The number of aliphatic hydroxyl groups excluding tert-OH is 2. The summed E-state index contributed by atoms with van der Waals surface area (Å²) in [6, 6.07) is 0. The van der Waals surface area contributed by atoms with Gasteiger partial charge in [-0.3, -0.25) is 32.6 Å². The number of ether oxygens (including phenoxy) is 12. The van der Waals surface area contributed by atoms with E-state index in [4.69, 9.17) is 49.8 Å². The Balaban J connectivity index is -0.000000123. The topological polar surface area (TPSA) is 343 Å². The summed E-state index contributed by atoms with van der Waals surface area (Å²) in [4.78, 5) is 50.3.